The number of nitrogens with one attached hydrogen (secondary N) is 1. The summed E-state index contributed by atoms with van der Waals surface area (Å²) in [5.41, 5.74) is 3.25. The molecular formula is C18H14Cl2N2OS. The topological polar surface area (TPSA) is 42.0 Å². The summed E-state index contributed by atoms with van der Waals surface area (Å²) in [5.74, 6) is -0.183. The SMILES string of the molecule is Cc1ccc(C(=O)Nc2nc(-c3ccc(Cl)cc3Cl)c(C)s2)cc1. The van der Waals surface area contributed by atoms with Gasteiger partial charge in [-0.3, -0.25) is 10.1 Å². The summed E-state index contributed by atoms with van der Waals surface area (Å²) in [6.45, 7) is 3.92. The van der Waals surface area contributed by atoms with Crippen molar-refractivity contribution < 1.29 is 4.79 Å². The number of amides is 1. The monoisotopic (exact) mass is 376 g/mol. The van der Waals surface area contributed by atoms with Crippen molar-refractivity contribution in [2.24, 2.45) is 0 Å². The predicted molar refractivity (Wildman–Crippen MR) is 101 cm³/mol. The molecule has 122 valence electrons. The highest BCUT2D eigenvalue weighted by Crippen LogP contribution is 2.35. The number of hydrogen-bond donors (Lipinski definition) is 1. The molecule has 0 fully saturated rings. The van der Waals surface area contributed by atoms with Crippen LogP contribution in [-0.4, -0.2) is 10.9 Å². The Bertz CT molecular complexity index is 904. The first-order valence-electron chi connectivity index (χ1n) is 7.25. The Morgan fingerprint density at radius 1 is 1.08 bits per heavy atom. The summed E-state index contributed by atoms with van der Waals surface area (Å²) in [7, 11) is 0. The maximum atomic E-state index is 12.3. The third-order valence-electron chi connectivity index (χ3n) is 3.52. The first-order chi connectivity index (χ1) is 11.4. The number of aromatic nitrogens is 1. The number of benzene rings is 2. The van der Waals surface area contributed by atoms with Gasteiger partial charge >= 0.3 is 0 Å². The smallest absolute Gasteiger partial charge is 0.257 e. The Morgan fingerprint density at radius 3 is 2.46 bits per heavy atom. The number of carbonyl (C=O) groups excluding carboxylic acids is 1. The van der Waals surface area contributed by atoms with Gasteiger partial charge in [0.05, 0.1) is 10.7 Å². The summed E-state index contributed by atoms with van der Waals surface area (Å²) < 4.78 is 0. The van der Waals surface area contributed by atoms with Gasteiger partial charge in [-0.1, -0.05) is 40.9 Å². The van der Waals surface area contributed by atoms with Gasteiger partial charge in [0.25, 0.3) is 5.91 Å². The minimum atomic E-state index is -0.183. The van der Waals surface area contributed by atoms with Gasteiger partial charge in [-0.05, 0) is 44.2 Å². The van der Waals surface area contributed by atoms with Gasteiger partial charge in [0.15, 0.2) is 5.13 Å². The van der Waals surface area contributed by atoms with Gasteiger partial charge in [0.2, 0.25) is 0 Å². The fourth-order valence-electron chi connectivity index (χ4n) is 2.26. The highest BCUT2D eigenvalue weighted by molar-refractivity contribution is 7.16. The van der Waals surface area contributed by atoms with Crippen LogP contribution in [0.5, 0.6) is 0 Å². The van der Waals surface area contributed by atoms with E-state index in [0.717, 1.165) is 21.7 Å². The standard InChI is InChI=1S/C18H14Cl2N2OS/c1-10-3-5-12(6-4-10)17(23)22-18-21-16(11(2)24-18)14-8-7-13(19)9-15(14)20/h3-9H,1-2H3,(H,21,22,23). The molecule has 3 aromatic rings. The molecule has 0 radical (unpaired) electrons. The summed E-state index contributed by atoms with van der Waals surface area (Å²) in [6, 6.07) is 12.7. The quantitative estimate of drug-likeness (QED) is 0.610. The molecule has 2 aromatic carbocycles. The zero-order chi connectivity index (χ0) is 17.3. The molecule has 0 unspecified atom stereocenters. The van der Waals surface area contributed by atoms with Crippen LogP contribution in [0.4, 0.5) is 5.13 Å². The first kappa shape index (κ1) is 17.0. The molecule has 3 rings (SSSR count). The van der Waals surface area contributed by atoms with Gasteiger partial charge in [-0.15, -0.1) is 11.3 Å². The number of halogens is 2. The van der Waals surface area contributed by atoms with Crippen LogP contribution in [0.15, 0.2) is 42.5 Å². The highest BCUT2D eigenvalue weighted by Gasteiger charge is 2.15. The van der Waals surface area contributed by atoms with Gasteiger partial charge in [-0.25, -0.2) is 4.98 Å². The van der Waals surface area contributed by atoms with E-state index in [9.17, 15) is 4.79 Å². The Morgan fingerprint density at radius 2 is 1.79 bits per heavy atom. The molecule has 6 heteroatoms. The lowest BCUT2D eigenvalue weighted by Gasteiger charge is -2.03. The van der Waals surface area contributed by atoms with E-state index in [1.54, 1.807) is 24.3 Å². The normalized spacial score (nSPS) is 10.7. The largest absolute Gasteiger partial charge is 0.298 e. The second kappa shape index (κ2) is 6.93. The summed E-state index contributed by atoms with van der Waals surface area (Å²) in [6.07, 6.45) is 0. The molecule has 0 spiro atoms. The molecule has 1 aromatic heterocycles. The van der Waals surface area contributed by atoms with Crippen LogP contribution in [0.1, 0.15) is 20.8 Å². The van der Waals surface area contributed by atoms with Crippen molar-refractivity contribution in [3.63, 3.8) is 0 Å². The Hall–Kier alpha value is -1.88. The summed E-state index contributed by atoms with van der Waals surface area (Å²) in [4.78, 5) is 17.8. The Kier molecular flexibility index (Phi) is 4.90. The van der Waals surface area contributed by atoms with Crippen molar-refractivity contribution in [1.29, 1.82) is 0 Å². The maximum absolute atomic E-state index is 12.3. The van der Waals surface area contributed by atoms with Crippen molar-refractivity contribution in [2.75, 3.05) is 5.32 Å². The lowest BCUT2D eigenvalue weighted by Crippen LogP contribution is -2.11. The van der Waals surface area contributed by atoms with Crippen LogP contribution in [0.2, 0.25) is 10.0 Å². The lowest BCUT2D eigenvalue weighted by atomic mass is 10.1. The number of nitrogens with zero attached hydrogens (tertiary/aromatic N) is 1. The third kappa shape index (κ3) is 3.61. The van der Waals surface area contributed by atoms with Gasteiger partial charge in [0, 0.05) is 21.0 Å². The van der Waals surface area contributed by atoms with E-state index < -0.39 is 0 Å². The molecule has 0 atom stereocenters. The lowest BCUT2D eigenvalue weighted by molar-refractivity contribution is 0.102. The van der Waals surface area contributed by atoms with E-state index in [0.29, 0.717) is 20.7 Å². The van der Waals surface area contributed by atoms with Crippen molar-refractivity contribution in [1.82, 2.24) is 4.98 Å². The van der Waals surface area contributed by atoms with Gasteiger partial charge < -0.3 is 0 Å². The van der Waals surface area contributed by atoms with Crippen LogP contribution < -0.4 is 5.32 Å². The molecule has 0 saturated heterocycles. The second-order valence-electron chi connectivity index (χ2n) is 5.37. The Labute approximate surface area is 154 Å². The molecule has 1 amide bonds. The first-order valence-corrected chi connectivity index (χ1v) is 8.82. The molecule has 0 aliphatic heterocycles. The zero-order valence-corrected chi connectivity index (χ0v) is 15.4. The molecule has 1 N–H and O–H groups in total. The molecule has 0 aliphatic carbocycles. The molecule has 24 heavy (non-hydrogen) atoms. The number of aryl methyl sites for hydroxylation is 2. The van der Waals surface area contributed by atoms with Crippen LogP contribution in [0, 0.1) is 13.8 Å². The summed E-state index contributed by atoms with van der Waals surface area (Å²) in [5, 5.41) is 4.49. The van der Waals surface area contributed by atoms with Gasteiger partial charge in [0.1, 0.15) is 0 Å². The highest BCUT2D eigenvalue weighted by atomic mass is 35.5. The van der Waals surface area contributed by atoms with Crippen molar-refractivity contribution >= 4 is 45.6 Å². The minimum absolute atomic E-state index is 0.183. The van der Waals surface area contributed by atoms with Crippen LogP contribution >= 0.6 is 34.5 Å². The van der Waals surface area contributed by atoms with E-state index in [1.165, 1.54) is 11.3 Å². The van der Waals surface area contributed by atoms with Gasteiger partial charge in [-0.2, -0.15) is 0 Å². The average molecular weight is 377 g/mol. The predicted octanol–water partition coefficient (Wildman–Crippen LogP) is 5.99. The number of thiazole rings is 1. The number of rotatable bonds is 3. The van der Waals surface area contributed by atoms with E-state index in [2.05, 4.69) is 10.3 Å². The van der Waals surface area contributed by atoms with Crippen molar-refractivity contribution in [3.05, 3.63) is 68.5 Å². The van der Waals surface area contributed by atoms with Crippen molar-refractivity contribution in [3.8, 4) is 11.3 Å². The van der Waals surface area contributed by atoms with Crippen LogP contribution in [0.25, 0.3) is 11.3 Å². The molecule has 1 heterocycles. The fourth-order valence-corrected chi connectivity index (χ4v) is 3.58. The maximum Gasteiger partial charge on any atom is 0.257 e. The van der Waals surface area contributed by atoms with Crippen molar-refractivity contribution in [2.45, 2.75) is 13.8 Å². The van der Waals surface area contributed by atoms with E-state index in [-0.39, 0.29) is 5.91 Å². The number of hydrogen-bond acceptors (Lipinski definition) is 3. The molecule has 0 aliphatic rings. The number of carbonyl (C=O) groups is 1. The number of anilines is 1. The average Bonchev–Trinajstić information content (AvgIpc) is 2.88. The van der Waals surface area contributed by atoms with E-state index in [4.69, 9.17) is 23.2 Å². The second-order valence-corrected chi connectivity index (χ2v) is 7.41. The third-order valence-corrected chi connectivity index (χ3v) is 4.95. The van der Waals surface area contributed by atoms with Crippen LogP contribution in [0.3, 0.4) is 0 Å². The van der Waals surface area contributed by atoms with Crippen LogP contribution in [-0.2, 0) is 0 Å². The Balaban J connectivity index is 1.86. The molecular weight excluding hydrogens is 363 g/mol. The summed E-state index contributed by atoms with van der Waals surface area (Å²) >= 11 is 13.6. The zero-order valence-electron chi connectivity index (χ0n) is 13.1. The molecule has 0 saturated carbocycles. The van der Waals surface area contributed by atoms with E-state index in [1.807, 2.05) is 32.0 Å². The fraction of sp³-hybridized carbons (Fsp3) is 0.111. The molecule has 0 bridgehead atoms. The molecule has 3 nitrogen and oxygen atoms in total. The van der Waals surface area contributed by atoms with E-state index >= 15 is 0 Å². The minimum Gasteiger partial charge on any atom is -0.298 e.